The lowest BCUT2D eigenvalue weighted by molar-refractivity contribution is -0.136. The average Bonchev–Trinajstić information content (AvgIpc) is 3.85. The van der Waals surface area contributed by atoms with Crippen LogP contribution >= 0.6 is 0 Å². The maximum absolute atomic E-state index is 13.0. The number of carbonyl (C=O) groups is 1. The third kappa shape index (κ3) is 6.14. The molecule has 0 saturated heterocycles. The lowest BCUT2D eigenvalue weighted by Gasteiger charge is -2.34. The second kappa shape index (κ2) is 14.4. The van der Waals surface area contributed by atoms with Crippen LogP contribution in [0.2, 0.25) is 0 Å². The topological polar surface area (TPSA) is 85.2 Å². The van der Waals surface area contributed by atoms with Gasteiger partial charge in [-0.25, -0.2) is 4.79 Å². The van der Waals surface area contributed by atoms with Gasteiger partial charge in [0.15, 0.2) is 5.54 Å². The van der Waals surface area contributed by atoms with E-state index in [-0.39, 0.29) is 12.0 Å². The van der Waals surface area contributed by atoms with E-state index in [9.17, 15) is 4.79 Å². The van der Waals surface area contributed by atoms with Crippen molar-refractivity contribution in [3.8, 4) is 22.5 Å². The molecule has 7 aromatic rings. The first kappa shape index (κ1) is 33.3. The average molecular weight is 695 g/mol. The molecule has 0 saturated carbocycles. The SMILES string of the molecule is COC(=O)C1=C(C)NN(c2ccccc2)C1Cc1ccc(-c2ccccc2-c2nnn(C(c3ccccc3)(c3ccccc3)c3ccccc3)n2)cc1. The number of allylic oxidation sites excluding steroid dienone is 1. The monoisotopic (exact) mass is 694 g/mol. The molecular formula is C45H38N6O2. The Bertz CT molecular complexity index is 2260. The highest BCUT2D eigenvalue weighted by Crippen LogP contribution is 2.40. The molecule has 260 valence electrons. The fraction of sp³-hybridized carbons (Fsp3) is 0.111. The van der Waals surface area contributed by atoms with Crippen LogP contribution in [0.1, 0.15) is 29.2 Å². The molecule has 2 heterocycles. The molecule has 1 aromatic heterocycles. The third-order valence-electron chi connectivity index (χ3n) is 9.93. The van der Waals surface area contributed by atoms with E-state index in [2.05, 4.69) is 72.2 Å². The summed E-state index contributed by atoms with van der Waals surface area (Å²) in [6.07, 6.45) is 0.599. The van der Waals surface area contributed by atoms with Crippen molar-refractivity contribution in [2.24, 2.45) is 0 Å². The minimum Gasteiger partial charge on any atom is -0.466 e. The molecule has 0 radical (unpaired) electrons. The number of nitrogens with zero attached hydrogens (tertiary/aromatic N) is 5. The Morgan fingerprint density at radius 2 is 1.19 bits per heavy atom. The summed E-state index contributed by atoms with van der Waals surface area (Å²) < 4.78 is 5.20. The van der Waals surface area contributed by atoms with Crippen LogP contribution in [0.5, 0.6) is 0 Å². The maximum atomic E-state index is 13.0. The van der Waals surface area contributed by atoms with Crippen LogP contribution in [0.15, 0.2) is 181 Å². The van der Waals surface area contributed by atoms with Crippen molar-refractivity contribution in [2.75, 3.05) is 12.1 Å². The number of benzene rings is 6. The first-order chi connectivity index (χ1) is 26.1. The fourth-order valence-electron chi connectivity index (χ4n) is 7.45. The van der Waals surface area contributed by atoms with E-state index >= 15 is 0 Å². The number of tetrazole rings is 1. The van der Waals surface area contributed by atoms with Crippen LogP contribution in [-0.4, -0.2) is 39.3 Å². The second-order valence-electron chi connectivity index (χ2n) is 13.0. The molecule has 0 fully saturated rings. The maximum Gasteiger partial charge on any atom is 0.337 e. The Morgan fingerprint density at radius 3 is 1.74 bits per heavy atom. The molecule has 0 bridgehead atoms. The standard InChI is InChI=1S/C45H38N6O2/c1-32-42(44(52)53-2)41(50(47-32)38-23-13-6-14-24-38)31-33-27-29-34(30-28-33)39-25-15-16-26-40(39)43-46-49-51(48-43)45(35-17-7-3-8-18-35,36-19-9-4-10-20-36)37-21-11-5-12-22-37/h3-30,41,47H,31H2,1-2H3. The highest BCUT2D eigenvalue weighted by Gasteiger charge is 2.41. The number of hydrogen-bond acceptors (Lipinski definition) is 7. The summed E-state index contributed by atoms with van der Waals surface area (Å²) in [5.74, 6) is 0.191. The van der Waals surface area contributed by atoms with Crippen LogP contribution in [0.4, 0.5) is 5.69 Å². The van der Waals surface area contributed by atoms with E-state index in [1.807, 2.05) is 115 Å². The van der Waals surface area contributed by atoms with Gasteiger partial charge < -0.3 is 10.2 Å². The Labute approximate surface area is 309 Å². The van der Waals surface area contributed by atoms with E-state index in [0.29, 0.717) is 17.8 Å². The van der Waals surface area contributed by atoms with Gasteiger partial charge in [0.1, 0.15) is 0 Å². The highest BCUT2D eigenvalue weighted by molar-refractivity contribution is 5.92. The van der Waals surface area contributed by atoms with Gasteiger partial charge in [0.05, 0.1) is 24.4 Å². The zero-order valence-corrected chi connectivity index (χ0v) is 29.5. The molecule has 1 atom stereocenters. The van der Waals surface area contributed by atoms with Gasteiger partial charge in [-0.3, -0.25) is 5.01 Å². The van der Waals surface area contributed by atoms with Crippen molar-refractivity contribution in [3.05, 3.63) is 203 Å². The van der Waals surface area contributed by atoms with Gasteiger partial charge in [0, 0.05) is 11.3 Å². The van der Waals surface area contributed by atoms with E-state index in [1.54, 1.807) is 4.80 Å². The summed E-state index contributed by atoms with van der Waals surface area (Å²) in [5, 5.41) is 16.7. The van der Waals surface area contributed by atoms with Crippen molar-refractivity contribution >= 4 is 11.7 Å². The zero-order chi connectivity index (χ0) is 36.2. The van der Waals surface area contributed by atoms with E-state index in [4.69, 9.17) is 20.1 Å². The molecule has 1 unspecified atom stereocenters. The summed E-state index contributed by atoms with van der Waals surface area (Å²) in [6.45, 7) is 1.91. The molecule has 53 heavy (non-hydrogen) atoms. The number of hydrazine groups is 1. The van der Waals surface area contributed by atoms with Crippen LogP contribution < -0.4 is 10.4 Å². The van der Waals surface area contributed by atoms with Crippen molar-refractivity contribution in [3.63, 3.8) is 0 Å². The Hall–Kier alpha value is -6.80. The van der Waals surface area contributed by atoms with Crippen molar-refractivity contribution in [1.29, 1.82) is 0 Å². The van der Waals surface area contributed by atoms with Gasteiger partial charge in [-0.05, 0) is 64.1 Å². The lowest BCUT2D eigenvalue weighted by atomic mass is 9.77. The van der Waals surface area contributed by atoms with Crippen molar-refractivity contribution in [2.45, 2.75) is 24.9 Å². The fourth-order valence-corrected chi connectivity index (χ4v) is 7.45. The van der Waals surface area contributed by atoms with E-state index in [0.717, 1.165) is 50.3 Å². The number of hydrogen-bond donors (Lipinski definition) is 1. The Balaban J connectivity index is 1.16. The summed E-state index contributed by atoms with van der Waals surface area (Å²) in [5.41, 5.74) is 11.9. The second-order valence-corrected chi connectivity index (χ2v) is 13.0. The first-order valence-corrected chi connectivity index (χ1v) is 17.6. The summed E-state index contributed by atoms with van der Waals surface area (Å²) in [7, 11) is 1.43. The molecule has 8 rings (SSSR count). The van der Waals surface area contributed by atoms with Crippen LogP contribution in [0.25, 0.3) is 22.5 Å². The highest BCUT2D eigenvalue weighted by atomic mass is 16.5. The molecule has 1 N–H and O–H groups in total. The number of anilines is 1. The van der Waals surface area contributed by atoms with Crippen LogP contribution in [-0.2, 0) is 21.5 Å². The molecule has 1 aliphatic rings. The summed E-state index contributed by atoms with van der Waals surface area (Å²) >= 11 is 0. The number of para-hydroxylation sites is 1. The number of nitrogens with one attached hydrogen (secondary N) is 1. The van der Waals surface area contributed by atoms with Gasteiger partial charge in [-0.15, -0.1) is 15.0 Å². The zero-order valence-electron chi connectivity index (χ0n) is 29.5. The molecule has 0 aliphatic carbocycles. The molecular weight excluding hydrogens is 657 g/mol. The largest absolute Gasteiger partial charge is 0.466 e. The first-order valence-electron chi connectivity index (χ1n) is 17.6. The van der Waals surface area contributed by atoms with Gasteiger partial charge in [0.25, 0.3) is 0 Å². The molecule has 8 heteroatoms. The third-order valence-corrected chi connectivity index (χ3v) is 9.93. The lowest BCUT2D eigenvalue weighted by Crippen LogP contribution is -2.41. The normalized spacial score (nSPS) is 14.2. The number of aromatic nitrogens is 4. The molecule has 1 aliphatic heterocycles. The number of ether oxygens (including phenoxy) is 1. The minimum absolute atomic E-state index is 0.249. The summed E-state index contributed by atoms with van der Waals surface area (Å²) in [6, 6.07) is 57.4. The number of carbonyl (C=O) groups excluding carboxylic acids is 1. The Morgan fingerprint density at radius 1 is 0.679 bits per heavy atom. The molecule has 0 spiro atoms. The predicted octanol–water partition coefficient (Wildman–Crippen LogP) is 8.23. The molecule has 6 aromatic carbocycles. The smallest absolute Gasteiger partial charge is 0.337 e. The molecule has 0 amide bonds. The van der Waals surface area contributed by atoms with Gasteiger partial charge in [-0.1, -0.05) is 158 Å². The molecule has 8 nitrogen and oxygen atoms in total. The van der Waals surface area contributed by atoms with Gasteiger partial charge in [0.2, 0.25) is 5.82 Å². The number of esters is 1. The quantitative estimate of drug-likeness (QED) is 0.114. The van der Waals surface area contributed by atoms with Gasteiger partial charge >= 0.3 is 5.97 Å². The number of methoxy groups -OCH3 is 1. The van der Waals surface area contributed by atoms with Crippen molar-refractivity contribution < 1.29 is 9.53 Å². The van der Waals surface area contributed by atoms with E-state index in [1.165, 1.54) is 7.11 Å². The minimum atomic E-state index is -0.871. The Kier molecular flexibility index (Phi) is 9.09. The predicted molar refractivity (Wildman–Crippen MR) is 208 cm³/mol. The number of rotatable bonds is 10. The van der Waals surface area contributed by atoms with E-state index < -0.39 is 5.54 Å². The van der Waals surface area contributed by atoms with Gasteiger partial charge in [-0.2, -0.15) is 0 Å². The van der Waals surface area contributed by atoms with Crippen molar-refractivity contribution in [1.82, 2.24) is 25.6 Å². The van der Waals surface area contributed by atoms with Crippen LogP contribution in [0.3, 0.4) is 0 Å². The van der Waals surface area contributed by atoms with Crippen LogP contribution in [0, 0.1) is 0 Å². The summed E-state index contributed by atoms with van der Waals surface area (Å²) in [4.78, 5) is 14.7.